The molecule has 0 aliphatic carbocycles. The van der Waals surface area contributed by atoms with Crippen LogP contribution >= 0.6 is 19.8 Å². The summed E-state index contributed by atoms with van der Waals surface area (Å²) < 4.78 is 4.11. The molecule has 0 fully saturated rings. The number of alkyl halides is 3. The Bertz CT molecular complexity index is 170. The van der Waals surface area contributed by atoms with Crippen molar-refractivity contribution in [3.05, 3.63) is 11.6 Å². The van der Waals surface area contributed by atoms with Gasteiger partial charge in [0.25, 0.3) is 0 Å². The summed E-state index contributed by atoms with van der Waals surface area (Å²) in [7, 11) is 0. The molecule has 1 aliphatic rings. The third-order valence-electron chi connectivity index (χ3n) is 2.76. The summed E-state index contributed by atoms with van der Waals surface area (Å²) in [6.07, 6.45) is 3.91. The standard InChI is InChI=1S/C11H21I/c1-9(2)11(4)12-7-5-10(3)6-8-12/h5,9,11H,6-8H2,1-4H3. The van der Waals surface area contributed by atoms with E-state index in [0.717, 1.165) is 9.84 Å². The Morgan fingerprint density at radius 1 is 1.33 bits per heavy atom. The maximum atomic E-state index is 2.51. The van der Waals surface area contributed by atoms with Gasteiger partial charge in [-0.3, -0.25) is 0 Å². The fraction of sp³-hybridized carbons (Fsp3) is 0.818. The van der Waals surface area contributed by atoms with Crippen molar-refractivity contribution in [2.45, 2.75) is 38.0 Å². The van der Waals surface area contributed by atoms with E-state index in [1.807, 2.05) is 0 Å². The van der Waals surface area contributed by atoms with E-state index in [2.05, 4.69) is 33.8 Å². The van der Waals surface area contributed by atoms with Crippen molar-refractivity contribution in [3.8, 4) is 0 Å². The van der Waals surface area contributed by atoms with Crippen LogP contribution in [0.2, 0.25) is 0 Å². The molecule has 0 aromatic carbocycles. The molecule has 1 unspecified atom stereocenters. The molecule has 1 atom stereocenters. The molecule has 0 amide bonds. The van der Waals surface area contributed by atoms with Crippen LogP contribution in [0, 0.1) is 5.92 Å². The van der Waals surface area contributed by atoms with E-state index in [-0.39, 0.29) is 0 Å². The van der Waals surface area contributed by atoms with Gasteiger partial charge in [-0.25, -0.2) is 0 Å². The number of halogens is 1. The van der Waals surface area contributed by atoms with Gasteiger partial charge in [0.2, 0.25) is 0 Å². The Morgan fingerprint density at radius 3 is 2.42 bits per heavy atom. The molecule has 1 aliphatic heterocycles. The quantitative estimate of drug-likeness (QED) is 0.409. The van der Waals surface area contributed by atoms with Gasteiger partial charge in [0.15, 0.2) is 0 Å². The summed E-state index contributed by atoms with van der Waals surface area (Å²) in [5, 5.41) is 0. The third-order valence-corrected chi connectivity index (χ3v) is 10.5. The Hall–Kier alpha value is 0.470. The first-order valence-corrected chi connectivity index (χ1v) is 9.17. The second-order valence-corrected chi connectivity index (χ2v) is 10.8. The molecule has 0 nitrogen and oxygen atoms in total. The summed E-state index contributed by atoms with van der Waals surface area (Å²) >= 11 is -0.565. The van der Waals surface area contributed by atoms with Crippen molar-refractivity contribution in [1.29, 1.82) is 0 Å². The van der Waals surface area contributed by atoms with Gasteiger partial charge in [0.1, 0.15) is 0 Å². The predicted octanol–water partition coefficient (Wildman–Crippen LogP) is 3.89. The van der Waals surface area contributed by atoms with E-state index in [4.69, 9.17) is 0 Å². The Morgan fingerprint density at radius 2 is 2.00 bits per heavy atom. The van der Waals surface area contributed by atoms with E-state index in [0.29, 0.717) is 0 Å². The number of hydrogen-bond donors (Lipinski definition) is 0. The molecule has 0 aromatic heterocycles. The average Bonchev–Trinajstić information content (AvgIpc) is 2.04. The van der Waals surface area contributed by atoms with E-state index >= 15 is 0 Å². The molecule has 0 radical (unpaired) electrons. The van der Waals surface area contributed by atoms with Gasteiger partial charge in [0, 0.05) is 0 Å². The SMILES string of the molecule is CC1=CCI(C(C)C(C)C)CC1. The van der Waals surface area contributed by atoms with Crippen molar-refractivity contribution in [2.24, 2.45) is 5.92 Å². The summed E-state index contributed by atoms with van der Waals surface area (Å²) in [6.45, 7) is 9.53. The van der Waals surface area contributed by atoms with Gasteiger partial charge in [-0.2, -0.15) is 0 Å². The molecule has 1 rings (SSSR count). The zero-order valence-corrected chi connectivity index (χ0v) is 10.9. The molecule has 0 aromatic rings. The van der Waals surface area contributed by atoms with Crippen LogP contribution in [0.25, 0.3) is 0 Å². The van der Waals surface area contributed by atoms with Gasteiger partial charge in [-0.05, 0) is 0 Å². The zero-order valence-electron chi connectivity index (χ0n) is 8.73. The first-order valence-electron chi connectivity index (χ1n) is 4.87. The molecule has 12 heavy (non-hydrogen) atoms. The molecule has 0 saturated carbocycles. The van der Waals surface area contributed by atoms with Crippen LogP contribution in [-0.4, -0.2) is 12.8 Å². The minimum absolute atomic E-state index is 0.565. The van der Waals surface area contributed by atoms with Crippen LogP contribution in [-0.2, 0) is 0 Å². The van der Waals surface area contributed by atoms with Crippen LogP contribution in [0.1, 0.15) is 34.1 Å². The van der Waals surface area contributed by atoms with Gasteiger partial charge in [0.05, 0.1) is 0 Å². The summed E-state index contributed by atoms with van der Waals surface area (Å²) in [5.41, 5.74) is 1.64. The first kappa shape index (κ1) is 10.6. The van der Waals surface area contributed by atoms with Crippen molar-refractivity contribution in [1.82, 2.24) is 0 Å². The van der Waals surface area contributed by atoms with Crippen LogP contribution < -0.4 is 0 Å². The Kier molecular flexibility index (Phi) is 4.08. The molecule has 0 saturated heterocycles. The Labute approximate surface area is 84.2 Å². The van der Waals surface area contributed by atoms with E-state index in [1.165, 1.54) is 10.8 Å². The Balaban J connectivity index is 2.45. The van der Waals surface area contributed by atoms with Crippen LogP contribution in [0.4, 0.5) is 0 Å². The fourth-order valence-electron chi connectivity index (χ4n) is 1.35. The van der Waals surface area contributed by atoms with Gasteiger partial charge < -0.3 is 0 Å². The average molecular weight is 280 g/mol. The van der Waals surface area contributed by atoms with Crippen LogP contribution in [0.5, 0.6) is 0 Å². The maximum absolute atomic E-state index is 2.51. The topological polar surface area (TPSA) is 0 Å². The summed E-state index contributed by atoms with van der Waals surface area (Å²) in [5.74, 6) is 0.919. The molecule has 0 N–H and O–H groups in total. The van der Waals surface area contributed by atoms with E-state index in [1.54, 1.807) is 10.0 Å². The molecular formula is C11H21I. The van der Waals surface area contributed by atoms with Gasteiger partial charge >= 0.3 is 84.3 Å². The van der Waals surface area contributed by atoms with Crippen LogP contribution in [0.15, 0.2) is 11.6 Å². The molecule has 1 heterocycles. The zero-order chi connectivity index (χ0) is 9.14. The molecular weight excluding hydrogens is 259 g/mol. The van der Waals surface area contributed by atoms with Crippen LogP contribution in [0.3, 0.4) is 0 Å². The normalized spacial score (nSPS) is 24.1. The van der Waals surface area contributed by atoms with Crippen molar-refractivity contribution in [2.75, 3.05) is 8.86 Å². The second-order valence-electron chi connectivity index (χ2n) is 4.06. The number of rotatable bonds is 2. The van der Waals surface area contributed by atoms with E-state index < -0.39 is 19.8 Å². The van der Waals surface area contributed by atoms with E-state index in [9.17, 15) is 0 Å². The van der Waals surface area contributed by atoms with Gasteiger partial charge in [-0.1, -0.05) is 0 Å². The predicted molar refractivity (Wildman–Crippen MR) is 66.4 cm³/mol. The van der Waals surface area contributed by atoms with Crippen molar-refractivity contribution < 1.29 is 0 Å². The molecule has 1 heteroatoms. The molecule has 0 bridgehead atoms. The number of allylic oxidation sites excluding steroid dienone is 2. The second kappa shape index (κ2) is 4.64. The van der Waals surface area contributed by atoms with Gasteiger partial charge in [-0.15, -0.1) is 0 Å². The number of hydrogen-bond acceptors (Lipinski definition) is 0. The molecule has 0 spiro atoms. The fourth-order valence-corrected chi connectivity index (χ4v) is 8.47. The summed E-state index contributed by atoms with van der Waals surface area (Å²) in [6, 6.07) is 0. The third kappa shape index (κ3) is 2.75. The molecule has 72 valence electrons. The minimum atomic E-state index is -0.565. The van der Waals surface area contributed by atoms with Crippen molar-refractivity contribution >= 4 is 19.8 Å². The van der Waals surface area contributed by atoms with Crippen molar-refractivity contribution in [3.63, 3.8) is 0 Å². The first-order chi connectivity index (χ1) is 5.61. The monoisotopic (exact) mass is 280 g/mol. The summed E-state index contributed by atoms with van der Waals surface area (Å²) in [4.78, 5) is 0.